The minimum absolute atomic E-state index is 0.0953. The lowest BCUT2D eigenvalue weighted by molar-refractivity contribution is 0.574. The van der Waals surface area contributed by atoms with Crippen LogP contribution in [0.15, 0.2) is 47.6 Å². The molecule has 0 bridgehead atoms. The summed E-state index contributed by atoms with van der Waals surface area (Å²) in [4.78, 5) is 2.21. The third-order valence-corrected chi connectivity index (χ3v) is 4.56. The third-order valence-electron chi connectivity index (χ3n) is 3.16. The molecule has 0 aliphatic heterocycles. The fourth-order valence-corrected chi connectivity index (χ4v) is 3.04. The summed E-state index contributed by atoms with van der Waals surface area (Å²) in [6.45, 7) is 4.16. The van der Waals surface area contributed by atoms with Crippen molar-refractivity contribution >= 4 is 15.7 Å². The van der Waals surface area contributed by atoms with Gasteiger partial charge in [-0.25, -0.2) is 13.1 Å². The first kappa shape index (κ1) is 15.5. The Kier molecular flexibility index (Phi) is 5.35. The summed E-state index contributed by atoms with van der Waals surface area (Å²) in [7, 11) is -3.47. The van der Waals surface area contributed by atoms with Crippen LogP contribution in [0.1, 0.15) is 13.3 Å². The molecule has 0 atom stereocenters. The molecule has 0 unspecified atom stereocenters. The molecule has 0 aliphatic carbocycles. The van der Waals surface area contributed by atoms with Gasteiger partial charge < -0.3 is 4.90 Å². The highest BCUT2D eigenvalue weighted by Gasteiger charge is 2.14. The van der Waals surface area contributed by atoms with Crippen molar-refractivity contribution in [1.29, 1.82) is 0 Å². The summed E-state index contributed by atoms with van der Waals surface area (Å²) in [5.74, 6) is 0. The lowest BCUT2D eigenvalue weighted by Crippen LogP contribution is -2.30. The molecule has 0 saturated heterocycles. The molecule has 1 heterocycles. The Morgan fingerprint density at radius 2 is 2.00 bits per heavy atom. The minimum atomic E-state index is -3.47. The number of sulfonamides is 1. The van der Waals surface area contributed by atoms with Gasteiger partial charge in [0.15, 0.2) is 5.03 Å². The van der Waals surface area contributed by atoms with Crippen molar-refractivity contribution in [3.8, 4) is 0 Å². The average molecular weight is 308 g/mol. The Morgan fingerprint density at radius 3 is 2.62 bits per heavy atom. The Bertz CT molecular complexity index is 626. The fraction of sp³-hybridized carbons (Fsp3) is 0.357. The van der Waals surface area contributed by atoms with E-state index in [2.05, 4.69) is 38.9 Å². The van der Waals surface area contributed by atoms with Gasteiger partial charge in [-0.3, -0.25) is 5.10 Å². The van der Waals surface area contributed by atoms with Gasteiger partial charge in [0.1, 0.15) is 0 Å². The molecule has 6 nitrogen and oxygen atoms in total. The molecule has 2 rings (SSSR count). The van der Waals surface area contributed by atoms with Crippen molar-refractivity contribution in [3.63, 3.8) is 0 Å². The Labute approximate surface area is 125 Å². The van der Waals surface area contributed by atoms with E-state index in [1.54, 1.807) is 0 Å². The van der Waals surface area contributed by atoms with Crippen molar-refractivity contribution in [2.45, 2.75) is 18.4 Å². The van der Waals surface area contributed by atoms with Crippen LogP contribution in [-0.2, 0) is 10.0 Å². The van der Waals surface area contributed by atoms with Gasteiger partial charge >= 0.3 is 0 Å². The van der Waals surface area contributed by atoms with Gasteiger partial charge in [0, 0.05) is 25.3 Å². The molecule has 2 aromatic rings. The lowest BCUT2D eigenvalue weighted by atomic mass is 10.2. The number of hydrogen-bond acceptors (Lipinski definition) is 4. The van der Waals surface area contributed by atoms with Crippen molar-refractivity contribution in [1.82, 2.24) is 14.9 Å². The van der Waals surface area contributed by atoms with Crippen LogP contribution in [0.4, 0.5) is 5.69 Å². The number of nitrogens with zero attached hydrogens (tertiary/aromatic N) is 2. The van der Waals surface area contributed by atoms with E-state index in [0.717, 1.165) is 25.2 Å². The van der Waals surface area contributed by atoms with Gasteiger partial charge in [-0.2, -0.15) is 5.10 Å². The van der Waals surface area contributed by atoms with E-state index in [0.29, 0.717) is 6.54 Å². The molecule has 0 aliphatic rings. The molecule has 0 radical (unpaired) electrons. The highest BCUT2D eigenvalue weighted by molar-refractivity contribution is 7.89. The number of anilines is 1. The van der Waals surface area contributed by atoms with Crippen LogP contribution >= 0.6 is 0 Å². The quantitative estimate of drug-likeness (QED) is 0.726. The summed E-state index contributed by atoms with van der Waals surface area (Å²) >= 11 is 0. The second kappa shape index (κ2) is 7.24. The normalized spacial score (nSPS) is 11.5. The standard InChI is InChI=1S/C14H20N4O2S/c1-2-18(13-7-4-3-5-8-13)12-6-10-16-21(19,20)14-9-11-15-17-14/h3-5,7-9,11,16H,2,6,10,12H2,1H3,(H,15,17). The molecule has 21 heavy (non-hydrogen) atoms. The number of nitrogens with one attached hydrogen (secondary N) is 2. The molecular formula is C14H20N4O2S. The first-order chi connectivity index (χ1) is 10.1. The maximum Gasteiger partial charge on any atom is 0.257 e. The largest absolute Gasteiger partial charge is 0.372 e. The second-order valence-electron chi connectivity index (χ2n) is 4.59. The number of aromatic nitrogens is 2. The minimum Gasteiger partial charge on any atom is -0.372 e. The fourth-order valence-electron chi connectivity index (χ4n) is 2.06. The predicted molar refractivity (Wildman–Crippen MR) is 82.7 cm³/mol. The van der Waals surface area contributed by atoms with Crippen LogP contribution in [0.3, 0.4) is 0 Å². The summed E-state index contributed by atoms with van der Waals surface area (Å²) in [6, 6.07) is 11.5. The van der Waals surface area contributed by atoms with Crippen LogP contribution in [0.5, 0.6) is 0 Å². The van der Waals surface area contributed by atoms with E-state index in [4.69, 9.17) is 0 Å². The van der Waals surface area contributed by atoms with Crippen LogP contribution in [-0.4, -0.2) is 38.2 Å². The van der Waals surface area contributed by atoms with Crippen molar-refractivity contribution in [3.05, 3.63) is 42.6 Å². The van der Waals surface area contributed by atoms with Crippen molar-refractivity contribution in [2.24, 2.45) is 0 Å². The van der Waals surface area contributed by atoms with E-state index in [9.17, 15) is 8.42 Å². The van der Waals surface area contributed by atoms with Crippen LogP contribution in [0, 0.1) is 0 Å². The zero-order chi connectivity index (χ0) is 15.1. The average Bonchev–Trinajstić information content (AvgIpc) is 3.03. The van der Waals surface area contributed by atoms with Crippen LogP contribution < -0.4 is 9.62 Å². The lowest BCUT2D eigenvalue weighted by Gasteiger charge is -2.23. The third kappa shape index (κ3) is 4.30. The first-order valence-electron chi connectivity index (χ1n) is 6.92. The maximum absolute atomic E-state index is 11.9. The Morgan fingerprint density at radius 1 is 1.24 bits per heavy atom. The van der Waals surface area contributed by atoms with Crippen molar-refractivity contribution < 1.29 is 8.42 Å². The molecule has 1 aromatic carbocycles. The number of hydrogen-bond donors (Lipinski definition) is 2. The van der Waals surface area contributed by atoms with Gasteiger partial charge in [0.25, 0.3) is 10.0 Å². The molecule has 2 N–H and O–H groups in total. The molecule has 7 heteroatoms. The number of aromatic amines is 1. The monoisotopic (exact) mass is 308 g/mol. The van der Waals surface area contributed by atoms with Crippen LogP contribution in [0.25, 0.3) is 0 Å². The van der Waals surface area contributed by atoms with E-state index in [1.807, 2.05) is 18.2 Å². The maximum atomic E-state index is 11.9. The zero-order valence-corrected chi connectivity index (χ0v) is 12.8. The Hall–Kier alpha value is -1.86. The van der Waals surface area contributed by atoms with Gasteiger partial charge in [-0.15, -0.1) is 0 Å². The predicted octanol–water partition coefficient (Wildman–Crippen LogP) is 1.60. The highest BCUT2D eigenvalue weighted by atomic mass is 32.2. The summed E-state index contributed by atoms with van der Waals surface area (Å²) in [5, 5.41) is 6.19. The van der Waals surface area contributed by atoms with E-state index < -0.39 is 10.0 Å². The van der Waals surface area contributed by atoms with Crippen LogP contribution in [0.2, 0.25) is 0 Å². The molecule has 114 valence electrons. The Balaban J connectivity index is 1.82. The summed E-state index contributed by atoms with van der Waals surface area (Å²) < 4.78 is 26.3. The van der Waals surface area contributed by atoms with Crippen molar-refractivity contribution in [2.75, 3.05) is 24.5 Å². The summed E-state index contributed by atoms with van der Waals surface area (Å²) in [5.41, 5.74) is 1.15. The highest BCUT2D eigenvalue weighted by Crippen LogP contribution is 2.12. The molecule has 0 saturated carbocycles. The SMILES string of the molecule is CCN(CCCNS(=O)(=O)c1ccn[nH]1)c1ccccc1. The number of rotatable bonds is 8. The molecule has 0 amide bonds. The molecule has 1 aromatic heterocycles. The molecular weight excluding hydrogens is 288 g/mol. The zero-order valence-electron chi connectivity index (χ0n) is 12.0. The van der Waals surface area contributed by atoms with Gasteiger partial charge in [-0.1, -0.05) is 18.2 Å². The smallest absolute Gasteiger partial charge is 0.257 e. The second-order valence-corrected chi connectivity index (χ2v) is 6.32. The summed E-state index contributed by atoms with van der Waals surface area (Å²) in [6.07, 6.45) is 2.15. The number of H-pyrrole nitrogens is 1. The van der Waals surface area contributed by atoms with E-state index in [-0.39, 0.29) is 5.03 Å². The topological polar surface area (TPSA) is 78.1 Å². The number of benzene rings is 1. The number of para-hydroxylation sites is 1. The molecule has 0 fully saturated rings. The van der Waals surface area contributed by atoms with Gasteiger partial charge in [0.2, 0.25) is 0 Å². The van der Waals surface area contributed by atoms with Gasteiger partial charge in [0.05, 0.1) is 6.20 Å². The van der Waals surface area contributed by atoms with Gasteiger partial charge in [-0.05, 0) is 31.5 Å². The van der Waals surface area contributed by atoms with E-state index in [1.165, 1.54) is 12.3 Å². The first-order valence-corrected chi connectivity index (χ1v) is 8.41. The van der Waals surface area contributed by atoms with E-state index >= 15 is 0 Å². The molecule has 0 spiro atoms.